The van der Waals surface area contributed by atoms with Gasteiger partial charge in [0.1, 0.15) is 0 Å². The van der Waals surface area contributed by atoms with Crippen LogP contribution in [0.2, 0.25) is 12.6 Å². The Morgan fingerprint density at radius 2 is 1.52 bits per heavy atom. The maximum atomic E-state index is 6.42. The van der Waals surface area contributed by atoms with Crippen LogP contribution in [0.5, 0.6) is 0 Å². The van der Waals surface area contributed by atoms with Crippen molar-refractivity contribution in [2.24, 2.45) is 5.92 Å². The maximum absolute atomic E-state index is 6.42. The monoisotopic (exact) mass is 314 g/mol. The zero-order valence-corrected chi connectivity index (χ0v) is 16.0. The molecule has 3 unspecified atom stereocenters. The minimum atomic E-state index is -2.15. The lowest BCUT2D eigenvalue weighted by atomic mass is 9.88. The molecule has 1 heterocycles. The van der Waals surface area contributed by atoms with Gasteiger partial charge in [0.25, 0.3) is 0 Å². The van der Waals surface area contributed by atoms with Gasteiger partial charge in [-0.25, -0.2) is 0 Å². The number of hydrogen-bond acceptors (Lipinski definition) is 3. The molecule has 0 spiro atoms. The van der Waals surface area contributed by atoms with Crippen molar-refractivity contribution in [1.29, 1.82) is 0 Å². The van der Waals surface area contributed by atoms with Crippen molar-refractivity contribution in [3.05, 3.63) is 0 Å². The van der Waals surface area contributed by atoms with Crippen LogP contribution in [0.25, 0.3) is 0 Å². The van der Waals surface area contributed by atoms with Crippen LogP contribution in [-0.2, 0) is 13.6 Å². The van der Waals surface area contributed by atoms with Gasteiger partial charge in [-0.3, -0.25) is 0 Å². The first-order valence-electron chi connectivity index (χ1n) is 8.52. The highest BCUT2D eigenvalue weighted by Gasteiger charge is 2.45. The molecule has 21 heavy (non-hydrogen) atoms. The summed E-state index contributed by atoms with van der Waals surface area (Å²) < 4.78 is 18.5. The molecule has 0 amide bonds. The molecule has 1 saturated heterocycles. The van der Waals surface area contributed by atoms with Gasteiger partial charge >= 0.3 is 8.56 Å². The number of rotatable bonds is 5. The van der Waals surface area contributed by atoms with E-state index in [1.54, 1.807) is 0 Å². The van der Waals surface area contributed by atoms with E-state index in [1.165, 1.54) is 25.7 Å². The van der Waals surface area contributed by atoms with E-state index in [0.29, 0.717) is 12.2 Å². The molecule has 2 rings (SSSR count). The number of hydrogen-bond donors (Lipinski definition) is 0. The summed E-state index contributed by atoms with van der Waals surface area (Å²) in [7, 11) is -2.15. The van der Waals surface area contributed by atoms with E-state index < -0.39 is 8.56 Å². The van der Waals surface area contributed by atoms with Crippen molar-refractivity contribution < 1.29 is 13.6 Å². The normalized spacial score (nSPS) is 30.1. The summed E-state index contributed by atoms with van der Waals surface area (Å²) in [5.41, 5.74) is -0.271. The van der Waals surface area contributed by atoms with E-state index in [0.717, 1.165) is 12.0 Å². The Balaban J connectivity index is 1.91. The summed E-state index contributed by atoms with van der Waals surface area (Å²) in [6.07, 6.45) is 6.22. The Morgan fingerprint density at radius 1 is 0.952 bits per heavy atom. The largest absolute Gasteiger partial charge is 0.389 e. The molecule has 1 saturated carbocycles. The van der Waals surface area contributed by atoms with Crippen LogP contribution >= 0.6 is 0 Å². The van der Waals surface area contributed by atoms with E-state index in [2.05, 4.69) is 48.1 Å². The highest BCUT2D eigenvalue weighted by Crippen LogP contribution is 2.42. The topological polar surface area (TPSA) is 31.0 Å². The van der Waals surface area contributed by atoms with E-state index >= 15 is 0 Å². The fraction of sp³-hybridized carbons (Fsp3) is 1.00. The predicted molar refractivity (Wildman–Crippen MR) is 88.7 cm³/mol. The first-order chi connectivity index (χ1) is 9.46. The Morgan fingerprint density at radius 3 is 2.00 bits per heavy atom. The summed E-state index contributed by atoms with van der Waals surface area (Å²) in [4.78, 5) is 0. The van der Waals surface area contributed by atoms with Crippen LogP contribution in [0.1, 0.15) is 67.2 Å². The molecule has 1 aliphatic heterocycles. The number of fused-ring (bicyclic) bond motifs is 1. The van der Waals surface area contributed by atoms with Gasteiger partial charge in [0, 0.05) is 0 Å². The maximum Gasteiger partial charge on any atom is 0.335 e. The SMILES string of the molecule is CC(C)(C)O[Si](C)(CCC1CCC2OC2C1)OC(C)(C)C. The Labute approximate surface area is 132 Å². The van der Waals surface area contributed by atoms with Crippen LogP contribution in [0, 0.1) is 5.92 Å². The molecule has 0 aromatic carbocycles. The predicted octanol–water partition coefficient (Wildman–Crippen LogP) is 4.65. The van der Waals surface area contributed by atoms with Crippen LogP contribution < -0.4 is 0 Å². The van der Waals surface area contributed by atoms with Gasteiger partial charge < -0.3 is 13.6 Å². The Hall–Kier alpha value is 0.0969. The second-order valence-electron chi connectivity index (χ2n) is 8.99. The van der Waals surface area contributed by atoms with E-state index in [9.17, 15) is 0 Å². The smallest absolute Gasteiger partial charge is 0.335 e. The fourth-order valence-electron chi connectivity index (χ4n) is 3.63. The molecule has 2 aliphatic rings. The fourth-order valence-corrected chi connectivity index (χ4v) is 7.40. The second kappa shape index (κ2) is 5.95. The second-order valence-corrected chi connectivity index (χ2v) is 12.2. The van der Waals surface area contributed by atoms with Gasteiger partial charge in [-0.15, -0.1) is 0 Å². The molecule has 0 bridgehead atoms. The van der Waals surface area contributed by atoms with E-state index in [4.69, 9.17) is 13.6 Å². The highest BCUT2D eigenvalue weighted by molar-refractivity contribution is 6.66. The molecule has 3 nitrogen and oxygen atoms in total. The van der Waals surface area contributed by atoms with Crippen molar-refractivity contribution in [3.8, 4) is 0 Å². The van der Waals surface area contributed by atoms with Crippen molar-refractivity contribution in [1.82, 2.24) is 0 Å². The zero-order chi connectivity index (χ0) is 15.9. The summed E-state index contributed by atoms with van der Waals surface area (Å²) in [6.45, 7) is 15.0. The lowest BCUT2D eigenvalue weighted by molar-refractivity contribution is 0.0166. The Kier molecular flexibility index (Phi) is 4.94. The minimum Gasteiger partial charge on any atom is -0.389 e. The first-order valence-corrected chi connectivity index (χ1v) is 11.0. The molecule has 124 valence electrons. The molecule has 0 N–H and O–H groups in total. The van der Waals surface area contributed by atoms with Crippen molar-refractivity contribution in [2.45, 2.75) is 103 Å². The zero-order valence-electron chi connectivity index (χ0n) is 15.0. The molecular weight excluding hydrogens is 280 g/mol. The molecule has 3 atom stereocenters. The van der Waals surface area contributed by atoms with Gasteiger partial charge in [-0.1, -0.05) is 0 Å². The van der Waals surface area contributed by atoms with Crippen molar-refractivity contribution in [3.63, 3.8) is 0 Å². The summed E-state index contributed by atoms with van der Waals surface area (Å²) in [5, 5.41) is 0. The van der Waals surface area contributed by atoms with Crippen LogP contribution in [-0.4, -0.2) is 32.0 Å². The highest BCUT2D eigenvalue weighted by atomic mass is 28.4. The molecule has 1 aliphatic carbocycles. The van der Waals surface area contributed by atoms with Gasteiger partial charge in [0.15, 0.2) is 0 Å². The molecule has 0 radical (unpaired) electrons. The van der Waals surface area contributed by atoms with Crippen LogP contribution in [0.3, 0.4) is 0 Å². The summed E-state index contributed by atoms with van der Waals surface area (Å²) in [5.74, 6) is 0.799. The molecule has 0 aromatic heterocycles. The van der Waals surface area contributed by atoms with E-state index in [-0.39, 0.29) is 11.2 Å². The van der Waals surface area contributed by atoms with Crippen LogP contribution in [0.4, 0.5) is 0 Å². The average molecular weight is 315 g/mol. The molecule has 2 fully saturated rings. The average Bonchev–Trinajstić information content (AvgIpc) is 2.98. The van der Waals surface area contributed by atoms with Gasteiger partial charge in [0.05, 0.1) is 23.4 Å². The lowest BCUT2D eigenvalue weighted by Gasteiger charge is -2.39. The molecular formula is C17H34O3Si. The lowest BCUT2D eigenvalue weighted by Crippen LogP contribution is -2.49. The van der Waals surface area contributed by atoms with Crippen LogP contribution in [0.15, 0.2) is 0 Å². The summed E-state index contributed by atoms with van der Waals surface area (Å²) >= 11 is 0. The minimum absolute atomic E-state index is 0.135. The summed E-state index contributed by atoms with van der Waals surface area (Å²) in [6, 6.07) is 1.09. The Bertz CT molecular complexity index is 340. The third-order valence-electron chi connectivity index (χ3n) is 4.16. The quantitative estimate of drug-likeness (QED) is 0.547. The van der Waals surface area contributed by atoms with Crippen molar-refractivity contribution in [2.75, 3.05) is 0 Å². The van der Waals surface area contributed by atoms with Gasteiger partial charge in [-0.2, -0.15) is 0 Å². The third-order valence-corrected chi connectivity index (χ3v) is 7.45. The van der Waals surface area contributed by atoms with Gasteiger partial charge in [0.2, 0.25) is 0 Å². The standard InChI is InChI=1S/C17H34O3Si/c1-16(2,3)19-21(7,20-17(4,5)6)11-10-13-8-9-14-15(12-13)18-14/h13-15H,8-12H2,1-7H3. The number of epoxide rings is 1. The molecule has 4 heteroatoms. The third kappa shape index (κ3) is 6.01. The van der Waals surface area contributed by atoms with Crippen molar-refractivity contribution >= 4 is 8.56 Å². The molecule has 0 aromatic rings. The number of ether oxygens (including phenoxy) is 1. The first kappa shape index (κ1) is 17.5. The van der Waals surface area contributed by atoms with Gasteiger partial charge in [-0.05, 0) is 85.7 Å². The van der Waals surface area contributed by atoms with E-state index in [1.807, 2.05) is 0 Å².